The van der Waals surface area contributed by atoms with Gasteiger partial charge in [0, 0.05) is 19.0 Å². The molecule has 0 aliphatic heterocycles. The van der Waals surface area contributed by atoms with E-state index in [0.717, 1.165) is 10.7 Å². The third-order valence-corrected chi connectivity index (χ3v) is 3.43. The third kappa shape index (κ3) is 5.25. The van der Waals surface area contributed by atoms with Gasteiger partial charge < -0.3 is 15.3 Å². The van der Waals surface area contributed by atoms with Crippen molar-refractivity contribution in [1.82, 2.24) is 15.2 Å². The van der Waals surface area contributed by atoms with Gasteiger partial charge in [-0.05, 0) is 5.92 Å². The molecule has 6 nitrogen and oxygen atoms in total. The van der Waals surface area contributed by atoms with E-state index in [0.29, 0.717) is 12.5 Å². The highest BCUT2D eigenvalue weighted by Gasteiger charge is 2.11. The summed E-state index contributed by atoms with van der Waals surface area (Å²) in [5.74, 6) is -0.542. The summed E-state index contributed by atoms with van der Waals surface area (Å²) < 4.78 is 0. The zero-order valence-electron chi connectivity index (χ0n) is 11.3. The molecule has 1 aromatic rings. The summed E-state index contributed by atoms with van der Waals surface area (Å²) in [6.07, 6.45) is -0.0569. The number of rotatable bonds is 6. The van der Waals surface area contributed by atoms with E-state index in [4.69, 9.17) is 5.11 Å². The second kappa shape index (κ2) is 7.08. The summed E-state index contributed by atoms with van der Waals surface area (Å²) in [6, 6.07) is -0.289. The summed E-state index contributed by atoms with van der Waals surface area (Å²) in [5, 5.41) is 14.1. The predicted molar refractivity (Wildman–Crippen MR) is 73.3 cm³/mol. The summed E-state index contributed by atoms with van der Waals surface area (Å²) in [4.78, 5) is 27.8. The van der Waals surface area contributed by atoms with Crippen LogP contribution in [0.1, 0.15) is 36.9 Å². The zero-order valence-corrected chi connectivity index (χ0v) is 12.2. The van der Waals surface area contributed by atoms with Crippen LogP contribution in [-0.4, -0.2) is 40.6 Å². The number of carbonyl (C=O) groups excluding carboxylic acids is 1. The Morgan fingerprint density at radius 2 is 2.21 bits per heavy atom. The average molecular weight is 285 g/mol. The number of carboxylic acids is 1. The molecule has 1 rings (SSSR count). The number of amides is 2. The Morgan fingerprint density at radius 3 is 2.74 bits per heavy atom. The van der Waals surface area contributed by atoms with Gasteiger partial charge in [0.25, 0.3) is 0 Å². The molecule has 0 aliphatic rings. The van der Waals surface area contributed by atoms with Gasteiger partial charge >= 0.3 is 12.0 Å². The third-order valence-electron chi connectivity index (χ3n) is 2.56. The zero-order chi connectivity index (χ0) is 14.4. The van der Waals surface area contributed by atoms with Crippen molar-refractivity contribution in [2.75, 3.05) is 13.6 Å². The van der Waals surface area contributed by atoms with Gasteiger partial charge in [-0.15, -0.1) is 11.3 Å². The lowest BCUT2D eigenvalue weighted by atomic mass is 10.2. The molecule has 0 radical (unpaired) electrons. The number of carboxylic acid groups (broad SMARTS) is 1. The summed E-state index contributed by atoms with van der Waals surface area (Å²) in [7, 11) is 1.57. The van der Waals surface area contributed by atoms with E-state index in [1.54, 1.807) is 7.05 Å². The number of aliphatic carboxylic acids is 1. The molecule has 0 fully saturated rings. The molecule has 0 aliphatic carbocycles. The minimum Gasteiger partial charge on any atom is -0.481 e. The van der Waals surface area contributed by atoms with E-state index in [9.17, 15) is 9.59 Å². The smallest absolute Gasteiger partial charge is 0.317 e. The first kappa shape index (κ1) is 15.4. The quantitative estimate of drug-likeness (QED) is 0.836. The van der Waals surface area contributed by atoms with Crippen LogP contribution in [0, 0.1) is 0 Å². The van der Waals surface area contributed by atoms with Crippen molar-refractivity contribution in [3.05, 3.63) is 16.1 Å². The minimum absolute atomic E-state index is 0.0569. The van der Waals surface area contributed by atoms with Gasteiger partial charge in [0.05, 0.1) is 18.7 Å². The normalized spacial score (nSPS) is 10.5. The number of urea groups is 1. The maximum absolute atomic E-state index is 11.7. The molecule has 0 spiro atoms. The van der Waals surface area contributed by atoms with Crippen LogP contribution in [0.15, 0.2) is 5.38 Å². The molecule has 0 bridgehead atoms. The Labute approximate surface area is 116 Å². The van der Waals surface area contributed by atoms with E-state index in [2.05, 4.69) is 24.1 Å². The van der Waals surface area contributed by atoms with Crippen molar-refractivity contribution >= 4 is 23.3 Å². The molecule has 1 aromatic heterocycles. The van der Waals surface area contributed by atoms with E-state index < -0.39 is 5.97 Å². The number of hydrogen-bond donors (Lipinski definition) is 2. The standard InChI is InChI=1S/C12H19N3O3S/c1-8(2)9-7-19-10(14-9)6-13-12(18)15(3)5-4-11(16)17/h7-8H,4-6H2,1-3H3,(H,13,18)(H,16,17). The van der Waals surface area contributed by atoms with Crippen LogP contribution in [0.3, 0.4) is 0 Å². The molecule has 0 unspecified atom stereocenters. The molecule has 0 saturated carbocycles. The molecule has 106 valence electrons. The van der Waals surface area contributed by atoms with Crippen LogP contribution in [0.2, 0.25) is 0 Å². The van der Waals surface area contributed by atoms with E-state index in [1.165, 1.54) is 16.2 Å². The lowest BCUT2D eigenvalue weighted by Gasteiger charge is -2.16. The van der Waals surface area contributed by atoms with E-state index in [-0.39, 0.29) is 19.0 Å². The van der Waals surface area contributed by atoms with Gasteiger partial charge in [-0.1, -0.05) is 13.8 Å². The molecule has 0 aromatic carbocycles. The number of carbonyl (C=O) groups is 2. The molecule has 2 amide bonds. The number of nitrogens with zero attached hydrogens (tertiary/aromatic N) is 2. The minimum atomic E-state index is -0.916. The summed E-state index contributed by atoms with van der Waals surface area (Å²) in [5.41, 5.74) is 1.02. The average Bonchev–Trinajstić information content (AvgIpc) is 2.81. The predicted octanol–water partition coefficient (Wildman–Crippen LogP) is 1.88. The number of hydrogen-bond acceptors (Lipinski definition) is 4. The Bertz CT molecular complexity index is 445. The Kier molecular flexibility index (Phi) is 5.75. The van der Waals surface area contributed by atoms with E-state index >= 15 is 0 Å². The number of aromatic nitrogens is 1. The highest BCUT2D eigenvalue weighted by Crippen LogP contribution is 2.17. The van der Waals surface area contributed by atoms with Crippen molar-refractivity contribution in [2.24, 2.45) is 0 Å². The van der Waals surface area contributed by atoms with Crippen LogP contribution in [0.4, 0.5) is 4.79 Å². The fourth-order valence-electron chi connectivity index (χ4n) is 1.32. The molecule has 1 heterocycles. The SMILES string of the molecule is CC(C)c1csc(CNC(=O)N(C)CCC(=O)O)n1. The van der Waals surface area contributed by atoms with Crippen molar-refractivity contribution < 1.29 is 14.7 Å². The fourth-order valence-corrected chi connectivity index (χ4v) is 2.22. The molecular formula is C12H19N3O3S. The van der Waals surface area contributed by atoms with E-state index in [1.807, 2.05) is 5.38 Å². The molecule has 7 heteroatoms. The maximum atomic E-state index is 11.7. The highest BCUT2D eigenvalue weighted by molar-refractivity contribution is 7.09. The van der Waals surface area contributed by atoms with Gasteiger partial charge in [0.1, 0.15) is 5.01 Å². The Morgan fingerprint density at radius 1 is 1.53 bits per heavy atom. The summed E-state index contributed by atoms with van der Waals surface area (Å²) >= 11 is 1.51. The van der Waals surface area contributed by atoms with Crippen LogP contribution in [-0.2, 0) is 11.3 Å². The largest absolute Gasteiger partial charge is 0.481 e. The number of nitrogens with one attached hydrogen (secondary N) is 1. The molecule has 19 heavy (non-hydrogen) atoms. The van der Waals surface area contributed by atoms with Gasteiger partial charge in [-0.25, -0.2) is 9.78 Å². The monoisotopic (exact) mass is 285 g/mol. The van der Waals surface area contributed by atoms with Gasteiger partial charge in [-0.3, -0.25) is 4.79 Å². The first-order valence-corrected chi connectivity index (χ1v) is 6.93. The Hall–Kier alpha value is -1.63. The fraction of sp³-hybridized carbons (Fsp3) is 0.583. The molecular weight excluding hydrogens is 266 g/mol. The van der Waals surface area contributed by atoms with Gasteiger partial charge in [-0.2, -0.15) is 0 Å². The number of thiazole rings is 1. The summed E-state index contributed by atoms with van der Waals surface area (Å²) in [6.45, 7) is 4.69. The second-order valence-electron chi connectivity index (χ2n) is 4.54. The second-order valence-corrected chi connectivity index (χ2v) is 5.49. The lowest BCUT2D eigenvalue weighted by molar-refractivity contribution is -0.137. The molecule has 0 atom stereocenters. The van der Waals surface area contributed by atoms with Crippen LogP contribution >= 0.6 is 11.3 Å². The first-order chi connectivity index (χ1) is 8.90. The van der Waals surface area contributed by atoms with Crippen molar-refractivity contribution in [3.8, 4) is 0 Å². The van der Waals surface area contributed by atoms with Crippen LogP contribution in [0.5, 0.6) is 0 Å². The highest BCUT2D eigenvalue weighted by atomic mass is 32.1. The maximum Gasteiger partial charge on any atom is 0.317 e. The Balaban J connectivity index is 2.38. The topological polar surface area (TPSA) is 82.5 Å². The first-order valence-electron chi connectivity index (χ1n) is 6.05. The molecule has 2 N–H and O–H groups in total. The van der Waals surface area contributed by atoms with Crippen molar-refractivity contribution in [1.29, 1.82) is 0 Å². The van der Waals surface area contributed by atoms with Gasteiger partial charge in [0.2, 0.25) is 0 Å². The lowest BCUT2D eigenvalue weighted by Crippen LogP contribution is -2.37. The van der Waals surface area contributed by atoms with Gasteiger partial charge in [0.15, 0.2) is 0 Å². The molecule has 0 saturated heterocycles. The van der Waals surface area contributed by atoms with Crippen molar-refractivity contribution in [3.63, 3.8) is 0 Å². The van der Waals surface area contributed by atoms with Crippen LogP contribution < -0.4 is 5.32 Å². The van der Waals surface area contributed by atoms with Crippen LogP contribution in [0.25, 0.3) is 0 Å². The van der Waals surface area contributed by atoms with Crippen molar-refractivity contribution in [2.45, 2.75) is 32.7 Å².